The van der Waals surface area contributed by atoms with Gasteiger partial charge in [-0.1, -0.05) is 78.9 Å². The molecule has 0 bridgehead atoms. The van der Waals surface area contributed by atoms with Crippen molar-refractivity contribution in [3.63, 3.8) is 0 Å². The summed E-state index contributed by atoms with van der Waals surface area (Å²) in [5.41, 5.74) is 4.40. The van der Waals surface area contributed by atoms with E-state index in [0.717, 1.165) is 41.8 Å². The van der Waals surface area contributed by atoms with E-state index in [0.29, 0.717) is 12.5 Å². The van der Waals surface area contributed by atoms with Crippen molar-refractivity contribution in [3.8, 4) is 11.1 Å². The van der Waals surface area contributed by atoms with Crippen molar-refractivity contribution in [2.75, 3.05) is 6.54 Å². The van der Waals surface area contributed by atoms with Gasteiger partial charge in [-0.2, -0.15) is 0 Å². The van der Waals surface area contributed by atoms with Crippen LogP contribution in [0.15, 0.2) is 78.9 Å². The summed E-state index contributed by atoms with van der Waals surface area (Å²) in [6.07, 6.45) is 3.98. The summed E-state index contributed by atoms with van der Waals surface area (Å²) in [5.74, 6) is -0.735. The summed E-state index contributed by atoms with van der Waals surface area (Å²) in [4.78, 5) is 15.3. The van der Waals surface area contributed by atoms with Crippen molar-refractivity contribution in [3.05, 3.63) is 95.6 Å². The van der Waals surface area contributed by atoms with E-state index in [-0.39, 0.29) is 0 Å². The van der Waals surface area contributed by atoms with E-state index in [4.69, 9.17) is 0 Å². The molecule has 0 aliphatic heterocycles. The van der Waals surface area contributed by atoms with Crippen LogP contribution in [0.1, 0.15) is 42.4 Å². The van der Waals surface area contributed by atoms with E-state index < -0.39 is 11.4 Å². The molecule has 0 aromatic heterocycles. The molecule has 0 radical (unpaired) electrons. The summed E-state index contributed by atoms with van der Waals surface area (Å²) in [6.45, 7) is 1.87. The van der Waals surface area contributed by atoms with Crippen LogP contribution in [0.4, 0.5) is 0 Å². The lowest BCUT2D eigenvalue weighted by Gasteiger charge is -2.29. The molecule has 30 heavy (non-hydrogen) atoms. The molecule has 0 amide bonds. The van der Waals surface area contributed by atoms with Crippen LogP contribution in [0, 0.1) is 0 Å². The molecular weight excluding hydrogens is 370 g/mol. The number of carbonyl (C=O) groups is 1. The van der Waals surface area contributed by atoms with Crippen molar-refractivity contribution >= 4 is 5.97 Å². The summed E-state index contributed by atoms with van der Waals surface area (Å²) >= 11 is 0. The third-order valence-electron chi connectivity index (χ3n) is 6.72. The number of hydrogen-bond acceptors (Lipinski definition) is 2. The number of rotatable bonds is 8. The summed E-state index contributed by atoms with van der Waals surface area (Å²) < 4.78 is 0. The van der Waals surface area contributed by atoms with Crippen molar-refractivity contribution in [1.82, 2.24) is 4.90 Å². The van der Waals surface area contributed by atoms with Gasteiger partial charge < -0.3 is 5.11 Å². The van der Waals surface area contributed by atoms with Crippen LogP contribution in [0.3, 0.4) is 0 Å². The maximum absolute atomic E-state index is 12.7. The highest BCUT2D eigenvalue weighted by Gasteiger charge is 2.48. The predicted octanol–water partition coefficient (Wildman–Crippen LogP) is 5.48. The van der Waals surface area contributed by atoms with Crippen LogP contribution in [-0.2, 0) is 16.8 Å². The van der Waals surface area contributed by atoms with E-state index >= 15 is 0 Å². The van der Waals surface area contributed by atoms with Gasteiger partial charge >= 0.3 is 5.97 Å². The Labute approximate surface area is 178 Å². The Hall–Kier alpha value is -2.91. The van der Waals surface area contributed by atoms with E-state index in [1.165, 1.54) is 18.4 Å². The Bertz CT molecular complexity index is 1010. The van der Waals surface area contributed by atoms with Gasteiger partial charge in [0.1, 0.15) is 5.41 Å². The van der Waals surface area contributed by atoms with Gasteiger partial charge in [0.2, 0.25) is 0 Å². The molecule has 1 saturated carbocycles. The molecule has 0 unspecified atom stereocenters. The van der Waals surface area contributed by atoms with Crippen molar-refractivity contribution in [2.45, 2.75) is 43.7 Å². The molecule has 0 saturated heterocycles. The molecule has 3 heteroatoms. The van der Waals surface area contributed by atoms with E-state index in [9.17, 15) is 9.90 Å². The minimum absolute atomic E-state index is 0.619. The van der Waals surface area contributed by atoms with Gasteiger partial charge in [0.25, 0.3) is 0 Å². The highest BCUT2D eigenvalue weighted by molar-refractivity contribution is 5.97. The number of benzene rings is 3. The molecular formula is C27H27NO2. The average molecular weight is 398 g/mol. The topological polar surface area (TPSA) is 40.5 Å². The number of nitrogens with zero attached hydrogens (tertiary/aromatic N) is 1. The second-order valence-electron chi connectivity index (χ2n) is 8.59. The fourth-order valence-electron chi connectivity index (χ4n) is 5.13. The number of carboxylic acids is 1. The van der Waals surface area contributed by atoms with Crippen LogP contribution in [-0.4, -0.2) is 28.6 Å². The van der Waals surface area contributed by atoms with E-state index in [1.54, 1.807) is 0 Å². The molecule has 3 aromatic rings. The van der Waals surface area contributed by atoms with E-state index in [2.05, 4.69) is 47.4 Å². The van der Waals surface area contributed by atoms with Crippen LogP contribution in [0.2, 0.25) is 0 Å². The molecule has 0 heterocycles. The second-order valence-corrected chi connectivity index (χ2v) is 8.59. The number of hydrogen-bond donors (Lipinski definition) is 1. The van der Waals surface area contributed by atoms with Gasteiger partial charge in [-0.15, -0.1) is 0 Å². The van der Waals surface area contributed by atoms with Crippen LogP contribution < -0.4 is 0 Å². The number of fused-ring (bicyclic) bond motifs is 3. The molecule has 0 spiro atoms. The van der Waals surface area contributed by atoms with Crippen LogP contribution in [0.25, 0.3) is 11.1 Å². The van der Waals surface area contributed by atoms with Gasteiger partial charge in [-0.05, 0) is 60.0 Å². The van der Waals surface area contributed by atoms with Crippen LogP contribution in [0.5, 0.6) is 0 Å². The first kappa shape index (κ1) is 19.1. The number of aliphatic carboxylic acids is 1. The quantitative estimate of drug-likeness (QED) is 0.547. The smallest absolute Gasteiger partial charge is 0.318 e. The zero-order valence-electron chi connectivity index (χ0n) is 17.1. The second kappa shape index (κ2) is 7.73. The summed E-state index contributed by atoms with van der Waals surface area (Å²) in [5, 5.41) is 10.5. The van der Waals surface area contributed by atoms with E-state index in [1.807, 2.05) is 36.4 Å². The lowest BCUT2D eigenvalue weighted by molar-refractivity contribution is -0.142. The highest BCUT2D eigenvalue weighted by atomic mass is 16.4. The lowest BCUT2D eigenvalue weighted by Crippen LogP contribution is -2.36. The van der Waals surface area contributed by atoms with Crippen molar-refractivity contribution < 1.29 is 9.90 Å². The molecule has 3 aromatic carbocycles. The standard InChI is InChI=1S/C27H27NO2/c29-26(30)27(24-13-6-4-11-22(24)23-12-5-7-14-25(23)27)17-8-18-28(21-15-16-21)19-20-9-2-1-3-10-20/h1-7,9-14,21H,8,15-19H2,(H,29,30). The zero-order chi connectivity index (χ0) is 20.6. The molecule has 3 nitrogen and oxygen atoms in total. The zero-order valence-corrected chi connectivity index (χ0v) is 17.1. The van der Waals surface area contributed by atoms with Gasteiger partial charge in [0.15, 0.2) is 0 Å². The largest absolute Gasteiger partial charge is 0.480 e. The maximum Gasteiger partial charge on any atom is 0.318 e. The van der Waals surface area contributed by atoms with Crippen molar-refractivity contribution in [2.24, 2.45) is 0 Å². The SMILES string of the molecule is O=C(O)C1(CCCN(Cc2ccccc2)C2CC2)c2ccccc2-c2ccccc21. The molecule has 0 atom stereocenters. The first-order valence-electron chi connectivity index (χ1n) is 10.9. The first-order valence-corrected chi connectivity index (χ1v) is 10.9. The van der Waals surface area contributed by atoms with Gasteiger partial charge in [-0.25, -0.2) is 0 Å². The van der Waals surface area contributed by atoms with Gasteiger partial charge in [0.05, 0.1) is 0 Å². The van der Waals surface area contributed by atoms with Gasteiger partial charge in [-0.3, -0.25) is 9.69 Å². The third-order valence-corrected chi connectivity index (χ3v) is 6.72. The first-order chi connectivity index (χ1) is 14.7. The Morgan fingerprint density at radius 2 is 1.43 bits per heavy atom. The monoisotopic (exact) mass is 397 g/mol. The molecule has 5 rings (SSSR count). The van der Waals surface area contributed by atoms with Crippen LogP contribution >= 0.6 is 0 Å². The summed E-state index contributed by atoms with van der Waals surface area (Å²) in [7, 11) is 0. The minimum atomic E-state index is -0.949. The fourth-order valence-corrected chi connectivity index (χ4v) is 5.13. The normalized spacial score (nSPS) is 16.3. The Kier molecular flexibility index (Phi) is 4.92. The Balaban J connectivity index is 1.40. The number of carboxylic acid groups (broad SMARTS) is 1. The third kappa shape index (κ3) is 3.23. The summed E-state index contributed by atoms with van der Waals surface area (Å²) in [6, 6.07) is 27.3. The highest BCUT2D eigenvalue weighted by Crippen LogP contribution is 2.51. The minimum Gasteiger partial charge on any atom is -0.480 e. The molecule has 152 valence electrons. The fraction of sp³-hybridized carbons (Fsp3) is 0.296. The van der Waals surface area contributed by atoms with Gasteiger partial charge in [0, 0.05) is 12.6 Å². The average Bonchev–Trinajstić information content (AvgIpc) is 3.58. The molecule has 1 fully saturated rings. The molecule has 2 aliphatic carbocycles. The lowest BCUT2D eigenvalue weighted by atomic mass is 9.74. The molecule has 2 aliphatic rings. The Morgan fingerprint density at radius 3 is 2.00 bits per heavy atom. The molecule has 1 N–H and O–H groups in total. The predicted molar refractivity (Wildman–Crippen MR) is 119 cm³/mol. The van der Waals surface area contributed by atoms with Crippen molar-refractivity contribution in [1.29, 1.82) is 0 Å². The Morgan fingerprint density at radius 1 is 0.867 bits per heavy atom. The maximum atomic E-state index is 12.7.